The van der Waals surface area contributed by atoms with Crippen LogP contribution in [0.5, 0.6) is 11.5 Å². The average molecular weight is 546 g/mol. The van der Waals surface area contributed by atoms with Gasteiger partial charge in [-0.1, -0.05) is 31.4 Å². The fourth-order valence-corrected chi connectivity index (χ4v) is 5.18. The third-order valence-corrected chi connectivity index (χ3v) is 6.80. The van der Waals surface area contributed by atoms with E-state index in [1.807, 2.05) is 6.07 Å². The van der Waals surface area contributed by atoms with Crippen LogP contribution in [0.2, 0.25) is 0 Å². The van der Waals surface area contributed by atoms with Gasteiger partial charge in [-0.3, -0.25) is 19.8 Å². The summed E-state index contributed by atoms with van der Waals surface area (Å²) in [5.74, 6) is 0.808. The Kier molecular flexibility index (Phi) is 7.47. The van der Waals surface area contributed by atoms with Crippen molar-refractivity contribution < 1.29 is 19.2 Å². The highest BCUT2D eigenvalue weighted by Gasteiger charge is 2.36. The fourth-order valence-electron chi connectivity index (χ4n) is 4.26. The maximum Gasteiger partial charge on any atom is 0.276 e. The Labute approximate surface area is 211 Å². The van der Waals surface area contributed by atoms with Gasteiger partial charge in [0.1, 0.15) is 12.3 Å². The zero-order valence-corrected chi connectivity index (χ0v) is 21.0. The number of hydrogen-bond donors (Lipinski definition) is 1. The Morgan fingerprint density at radius 3 is 2.74 bits per heavy atom. The second-order valence-corrected chi connectivity index (χ2v) is 9.45. The van der Waals surface area contributed by atoms with Crippen LogP contribution in [-0.2, 0) is 11.4 Å². The lowest BCUT2D eigenvalue weighted by Crippen LogP contribution is -2.41. The number of methoxy groups -OCH3 is 1. The first kappa shape index (κ1) is 24.2. The number of hydrogen-bond acceptors (Lipinski definition) is 6. The number of benzene rings is 2. The zero-order chi connectivity index (χ0) is 24.2. The SMILES string of the molecule is COc1cc(/C=C2\NC(=S)N(C3CCCCC3)C2=O)cc(Br)c1OCc1cccc([N+](=O)[O-])c1. The van der Waals surface area contributed by atoms with Crippen molar-refractivity contribution in [2.45, 2.75) is 44.8 Å². The van der Waals surface area contributed by atoms with E-state index < -0.39 is 4.92 Å². The molecule has 0 bridgehead atoms. The summed E-state index contributed by atoms with van der Waals surface area (Å²) in [6, 6.07) is 10.0. The molecule has 0 aromatic heterocycles. The van der Waals surface area contributed by atoms with Crippen molar-refractivity contribution in [3.63, 3.8) is 0 Å². The van der Waals surface area contributed by atoms with E-state index in [-0.39, 0.29) is 24.2 Å². The molecule has 2 aliphatic rings. The van der Waals surface area contributed by atoms with Crippen molar-refractivity contribution in [3.05, 3.63) is 67.8 Å². The number of nitro benzene ring substituents is 1. The predicted molar refractivity (Wildman–Crippen MR) is 136 cm³/mol. The molecule has 8 nitrogen and oxygen atoms in total. The minimum Gasteiger partial charge on any atom is -0.493 e. The second kappa shape index (κ2) is 10.5. The molecule has 1 heterocycles. The van der Waals surface area contributed by atoms with Crippen molar-refractivity contribution >= 4 is 50.9 Å². The van der Waals surface area contributed by atoms with E-state index in [1.165, 1.54) is 25.7 Å². The lowest BCUT2D eigenvalue weighted by Gasteiger charge is -2.29. The number of rotatable bonds is 7. The molecule has 0 atom stereocenters. The number of nitro groups is 1. The van der Waals surface area contributed by atoms with Gasteiger partial charge in [0.15, 0.2) is 16.6 Å². The molecule has 1 aliphatic carbocycles. The normalized spacial score (nSPS) is 17.7. The largest absolute Gasteiger partial charge is 0.493 e. The molecule has 1 saturated carbocycles. The van der Waals surface area contributed by atoms with Crippen LogP contribution in [0, 0.1) is 10.1 Å². The molecule has 1 aliphatic heterocycles. The van der Waals surface area contributed by atoms with E-state index in [0.29, 0.717) is 32.3 Å². The van der Waals surface area contributed by atoms with Crippen molar-refractivity contribution in [1.82, 2.24) is 10.2 Å². The molecule has 0 spiro atoms. The number of thiocarbonyl (C=S) groups is 1. The van der Waals surface area contributed by atoms with Crippen LogP contribution in [-0.4, -0.2) is 34.0 Å². The molecule has 34 heavy (non-hydrogen) atoms. The first-order valence-electron chi connectivity index (χ1n) is 11.0. The van der Waals surface area contributed by atoms with Gasteiger partial charge < -0.3 is 14.8 Å². The number of halogens is 1. The molecule has 1 saturated heterocycles. The first-order chi connectivity index (χ1) is 16.4. The number of nitrogens with one attached hydrogen (secondary N) is 1. The molecule has 178 valence electrons. The van der Waals surface area contributed by atoms with Gasteiger partial charge >= 0.3 is 0 Å². The second-order valence-electron chi connectivity index (χ2n) is 8.20. The van der Waals surface area contributed by atoms with Gasteiger partial charge in [-0.2, -0.15) is 0 Å². The molecule has 1 amide bonds. The molecule has 1 N–H and O–H groups in total. The highest BCUT2D eigenvalue weighted by atomic mass is 79.9. The Balaban J connectivity index is 1.53. The van der Waals surface area contributed by atoms with E-state index >= 15 is 0 Å². The number of carbonyl (C=O) groups excluding carboxylic acids is 1. The van der Waals surface area contributed by atoms with Crippen molar-refractivity contribution in [1.29, 1.82) is 0 Å². The number of carbonyl (C=O) groups is 1. The predicted octanol–water partition coefficient (Wildman–Crippen LogP) is 5.34. The lowest BCUT2D eigenvalue weighted by molar-refractivity contribution is -0.384. The Bertz CT molecular complexity index is 1160. The minimum absolute atomic E-state index is 0.00280. The van der Waals surface area contributed by atoms with Crippen LogP contribution in [0.25, 0.3) is 6.08 Å². The maximum absolute atomic E-state index is 13.1. The summed E-state index contributed by atoms with van der Waals surface area (Å²) >= 11 is 8.97. The average Bonchev–Trinajstić information content (AvgIpc) is 3.11. The van der Waals surface area contributed by atoms with Gasteiger partial charge in [-0.25, -0.2) is 0 Å². The summed E-state index contributed by atoms with van der Waals surface area (Å²) in [5.41, 5.74) is 1.82. The Hall–Kier alpha value is -2.98. The van der Waals surface area contributed by atoms with Crippen molar-refractivity contribution in [3.8, 4) is 11.5 Å². The Morgan fingerprint density at radius 1 is 1.26 bits per heavy atom. The number of non-ortho nitro benzene ring substituents is 1. The fraction of sp³-hybridized carbons (Fsp3) is 0.333. The van der Waals surface area contributed by atoms with E-state index in [4.69, 9.17) is 21.7 Å². The van der Waals surface area contributed by atoms with Crippen molar-refractivity contribution in [2.75, 3.05) is 7.11 Å². The van der Waals surface area contributed by atoms with E-state index in [1.54, 1.807) is 29.2 Å². The van der Waals surface area contributed by atoms with E-state index in [9.17, 15) is 14.9 Å². The summed E-state index contributed by atoms with van der Waals surface area (Å²) in [5, 5.41) is 14.5. The van der Waals surface area contributed by atoms with Crippen LogP contribution in [0.1, 0.15) is 43.2 Å². The van der Waals surface area contributed by atoms with Crippen LogP contribution in [0.4, 0.5) is 5.69 Å². The van der Waals surface area contributed by atoms with E-state index in [0.717, 1.165) is 31.2 Å². The number of nitrogens with zero attached hydrogens (tertiary/aromatic N) is 2. The summed E-state index contributed by atoms with van der Waals surface area (Å²) in [6.45, 7) is 0.127. The molecule has 2 aromatic carbocycles. The molecule has 2 aromatic rings. The third-order valence-electron chi connectivity index (χ3n) is 5.92. The molecule has 2 fully saturated rings. The topological polar surface area (TPSA) is 93.9 Å². The highest BCUT2D eigenvalue weighted by molar-refractivity contribution is 9.10. The van der Waals surface area contributed by atoms with E-state index in [2.05, 4.69) is 21.2 Å². The first-order valence-corrected chi connectivity index (χ1v) is 12.2. The van der Waals surface area contributed by atoms with Gasteiger partial charge in [0.25, 0.3) is 11.6 Å². The van der Waals surface area contributed by atoms with Gasteiger partial charge in [-0.05, 0) is 70.3 Å². The maximum atomic E-state index is 13.1. The van der Waals surface area contributed by atoms with Gasteiger partial charge in [0.05, 0.1) is 16.5 Å². The standard InChI is InChI=1S/C24H24BrN3O5S/c1-32-21-13-16(12-20-23(29)27(24(34)26-20)17-7-3-2-4-8-17)11-19(25)22(21)33-14-15-6-5-9-18(10-15)28(30)31/h5-6,9-13,17H,2-4,7-8,14H2,1H3,(H,26,34)/b20-12-. The van der Waals surface area contributed by atoms with Crippen LogP contribution in [0.15, 0.2) is 46.6 Å². The quantitative estimate of drug-likeness (QED) is 0.217. The molecule has 0 radical (unpaired) electrons. The molecule has 4 rings (SSSR count). The van der Waals surface area contributed by atoms with Gasteiger partial charge in [0, 0.05) is 18.2 Å². The van der Waals surface area contributed by atoms with Crippen LogP contribution in [0.3, 0.4) is 0 Å². The zero-order valence-electron chi connectivity index (χ0n) is 18.6. The summed E-state index contributed by atoms with van der Waals surface area (Å²) in [7, 11) is 1.53. The van der Waals surface area contributed by atoms with Gasteiger partial charge in [-0.15, -0.1) is 0 Å². The summed E-state index contributed by atoms with van der Waals surface area (Å²) in [6.07, 6.45) is 7.10. The minimum atomic E-state index is -0.443. The summed E-state index contributed by atoms with van der Waals surface area (Å²) in [4.78, 5) is 25.3. The molecule has 10 heteroatoms. The van der Waals surface area contributed by atoms with Crippen LogP contribution >= 0.6 is 28.1 Å². The molecule has 0 unspecified atom stereocenters. The lowest BCUT2D eigenvalue weighted by atomic mass is 9.94. The number of amides is 1. The molecular formula is C24H24BrN3O5S. The highest BCUT2D eigenvalue weighted by Crippen LogP contribution is 2.38. The van der Waals surface area contributed by atoms with Gasteiger partial charge in [0.2, 0.25) is 0 Å². The smallest absolute Gasteiger partial charge is 0.276 e. The third kappa shape index (κ3) is 5.23. The Morgan fingerprint density at radius 2 is 2.03 bits per heavy atom. The summed E-state index contributed by atoms with van der Waals surface area (Å²) < 4.78 is 12.1. The number of ether oxygens (including phenoxy) is 2. The van der Waals surface area contributed by atoms with Crippen molar-refractivity contribution in [2.24, 2.45) is 0 Å². The monoisotopic (exact) mass is 545 g/mol. The van der Waals surface area contributed by atoms with Crippen LogP contribution < -0.4 is 14.8 Å². The molecular weight excluding hydrogens is 522 g/mol.